The Morgan fingerprint density at radius 3 is 2.36 bits per heavy atom. The molecule has 0 radical (unpaired) electrons. The lowest BCUT2D eigenvalue weighted by Crippen LogP contribution is -2.31. The van der Waals surface area contributed by atoms with Crippen LogP contribution in [-0.4, -0.2) is 63.9 Å². The van der Waals surface area contributed by atoms with Crippen molar-refractivity contribution in [2.75, 3.05) is 29.7 Å². The normalized spacial score (nSPS) is 14.4. The van der Waals surface area contributed by atoms with Crippen LogP contribution in [0.15, 0.2) is 78.0 Å². The average Bonchev–Trinajstić information content (AvgIpc) is 3.64. The predicted octanol–water partition coefficient (Wildman–Crippen LogP) is 6.84. The van der Waals surface area contributed by atoms with E-state index in [0.717, 1.165) is 28.8 Å². The van der Waals surface area contributed by atoms with Gasteiger partial charge in [-0.05, 0) is 60.7 Å². The van der Waals surface area contributed by atoms with Gasteiger partial charge in [0, 0.05) is 17.3 Å². The second-order valence-corrected chi connectivity index (χ2v) is 10.5. The Morgan fingerprint density at radius 1 is 1.00 bits per heavy atom. The van der Waals surface area contributed by atoms with E-state index < -0.39 is 37.5 Å². The number of thioether (sulfide) groups is 1. The molecule has 1 aromatic heterocycles. The van der Waals surface area contributed by atoms with E-state index in [4.69, 9.17) is 9.47 Å². The molecule has 0 bridgehead atoms. The van der Waals surface area contributed by atoms with Crippen LogP contribution in [0.1, 0.15) is 6.42 Å². The third kappa shape index (κ3) is 8.72. The molecule has 3 aromatic carbocycles. The zero-order valence-electron chi connectivity index (χ0n) is 24.0. The van der Waals surface area contributed by atoms with Crippen LogP contribution in [-0.2, 0) is 4.79 Å². The quantitative estimate of drug-likeness (QED) is 0.191. The fourth-order valence-electron chi connectivity index (χ4n) is 4.14. The van der Waals surface area contributed by atoms with Gasteiger partial charge in [-0.15, -0.1) is 18.3 Å². The van der Waals surface area contributed by atoms with Gasteiger partial charge < -0.3 is 19.5 Å². The number of carbonyl (C=O) groups is 2. The molecule has 246 valence electrons. The third-order valence-electron chi connectivity index (χ3n) is 6.23. The van der Waals surface area contributed by atoms with E-state index in [9.17, 15) is 35.9 Å². The Kier molecular flexibility index (Phi) is 9.59. The number of aromatic nitrogens is 3. The summed E-state index contributed by atoms with van der Waals surface area (Å²) in [4.78, 5) is 34.9. The van der Waals surface area contributed by atoms with Crippen molar-refractivity contribution in [2.45, 2.75) is 19.0 Å². The summed E-state index contributed by atoms with van der Waals surface area (Å²) in [5.41, 5.74) is 1.40. The molecular formula is C29H22F6N6O5S. The van der Waals surface area contributed by atoms with Crippen LogP contribution in [0, 0.1) is 0 Å². The molecular weight excluding hydrogens is 658 g/mol. The second-order valence-electron chi connectivity index (χ2n) is 9.52. The number of hydrogen-bond acceptors (Lipinski definition) is 8. The number of halogens is 6. The van der Waals surface area contributed by atoms with E-state index in [-0.39, 0.29) is 28.1 Å². The summed E-state index contributed by atoms with van der Waals surface area (Å²) >= 11 is 0.959. The van der Waals surface area contributed by atoms with Gasteiger partial charge in [-0.1, -0.05) is 11.8 Å². The number of nitrogens with one attached hydrogen (secondary N) is 1. The molecule has 5 rings (SSSR count). The smallest absolute Gasteiger partial charge is 0.497 e. The number of amides is 3. The molecule has 1 saturated heterocycles. The number of hydrogen-bond donors (Lipinski definition) is 1. The Labute approximate surface area is 266 Å². The highest BCUT2D eigenvalue weighted by Gasteiger charge is 2.34. The number of aliphatic imine (C=N–C) groups is 1. The SMILES string of the molecule is COc1ccc(OCCC(F)(F)F)c(N2C(=O)CS/C2=N\C(=O)Nc2ccc(-c3ncn(-c4ccc(OC(F)(F)F)cc4)n3)cc2)c1. The highest BCUT2D eigenvalue weighted by Crippen LogP contribution is 2.38. The van der Waals surface area contributed by atoms with Gasteiger partial charge in [-0.2, -0.15) is 18.2 Å². The molecule has 0 unspecified atom stereocenters. The third-order valence-corrected chi connectivity index (χ3v) is 7.16. The molecule has 0 atom stereocenters. The molecule has 0 spiro atoms. The first-order valence-electron chi connectivity index (χ1n) is 13.4. The molecule has 1 fully saturated rings. The Morgan fingerprint density at radius 2 is 1.70 bits per heavy atom. The van der Waals surface area contributed by atoms with E-state index in [1.807, 2.05) is 0 Å². The van der Waals surface area contributed by atoms with Gasteiger partial charge in [0.05, 0.1) is 37.3 Å². The van der Waals surface area contributed by atoms with E-state index in [1.165, 1.54) is 48.5 Å². The Bertz CT molecular complexity index is 1780. The fraction of sp³-hybridized carbons (Fsp3) is 0.207. The van der Waals surface area contributed by atoms with Crippen LogP contribution in [0.5, 0.6) is 17.2 Å². The number of methoxy groups -OCH3 is 1. The van der Waals surface area contributed by atoms with Crippen LogP contribution in [0.2, 0.25) is 0 Å². The molecule has 18 heteroatoms. The largest absolute Gasteiger partial charge is 0.573 e. The molecule has 3 amide bonds. The summed E-state index contributed by atoms with van der Waals surface area (Å²) in [7, 11) is 1.37. The fourth-order valence-corrected chi connectivity index (χ4v) is 5.00. The van der Waals surface area contributed by atoms with Crippen molar-refractivity contribution in [3.63, 3.8) is 0 Å². The van der Waals surface area contributed by atoms with Crippen molar-refractivity contribution in [2.24, 2.45) is 4.99 Å². The molecule has 1 aliphatic heterocycles. The molecule has 11 nitrogen and oxygen atoms in total. The maximum absolute atomic E-state index is 12.8. The minimum absolute atomic E-state index is 0.0224. The standard InChI is InChI=1S/C29H22F6N6O5S/c1-44-21-10-11-23(45-13-12-28(30,31)32)22(14-21)41-24(42)15-47-27(41)38-26(43)37-18-4-2-17(3-5-18)25-36-16-40(39-25)19-6-8-20(9-7-19)46-29(33,34)35/h2-11,14,16H,12-13,15H2,1H3,(H,37,43)/b38-27-. The van der Waals surface area contributed by atoms with Crippen LogP contribution in [0.3, 0.4) is 0 Å². The van der Waals surface area contributed by atoms with Crippen molar-refractivity contribution < 1.29 is 50.1 Å². The summed E-state index contributed by atoms with van der Waals surface area (Å²) in [6.07, 6.45) is -9.08. The lowest BCUT2D eigenvalue weighted by molar-refractivity contribution is -0.274. The molecule has 0 aliphatic carbocycles. The first-order valence-corrected chi connectivity index (χ1v) is 14.4. The van der Waals surface area contributed by atoms with Gasteiger partial charge >= 0.3 is 18.6 Å². The zero-order chi connectivity index (χ0) is 33.8. The Balaban J connectivity index is 1.27. The Hall–Kier alpha value is -5.26. The average molecular weight is 681 g/mol. The van der Waals surface area contributed by atoms with Crippen LogP contribution in [0.25, 0.3) is 17.1 Å². The number of urea groups is 1. The van der Waals surface area contributed by atoms with Gasteiger partial charge in [-0.3, -0.25) is 9.69 Å². The molecule has 1 N–H and O–H groups in total. The van der Waals surface area contributed by atoms with Gasteiger partial charge in [0.25, 0.3) is 0 Å². The summed E-state index contributed by atoms with van der Waals surface area (Å²) in [5, 5.41) is 6.88. The second kappa shape index (κ2) is 13.6. The van der Waals surface area contributed by atoms with E-state index >= 15 is 0 Å². The molecule has 2 heterocycles. The molecule has 47 heavy (non-hydrogen) atoms. The molecule has 0 saturated carbocycles. The predicted molar refractivity (Wildman–Crippen MR) is 159 cm³/mol. The first kappa shape index (κ1) is 33.1. The zero-order valence-corrected chi connectivity index (χ0v) is 24.8. The number of amidine groups is 1. The maximum Gasteiger partial charge on any atom is 0.573 e. The van der Waals surface area contributed by atoms with Crippen molar-refractivity contribution in [1.82, 2.24) is 14.8 Å². The van der Waals surface area contributed by atoms with Crippen molar-refractivity contribution >= 4 is 40.2 Å². The van der Waals surface area contributed by atoms with E-state index in [2.05, 4.69) is 25.1 Å². The minimum atomic E-state index is -4.81. The summed E-state index contributed by atoms with van der Waals surface area (Å²) in [6, 6.07) is 14.8. The van der Waals surface area contributed by atoms with Gasteiger partial charge in [0.1, 0.15) is 23.6 Å². The number of anilines is 2. The van der Waals surface area contributed by atoms with Crippen LogP contribution in [0.4, 0.5) is 42.5 Å². The topological polar surface area (TPSA) is 120 Å². The van der Waals surface area contributed by atoms with E-state index in [0.29, 0.717) is 28.5 Å². The number of carbonyl (C=O) groups excluding carboxylic acids is 2. The number of rotatable bonds is 9. The van der Waals surface area contributed by atoms with Crippen molar-refractivity contribution in [1.29, 1.82) is 0 Å². The van der Waals surface area contributed by atoms with E-state index in [1.54, 1.807) is 24.3 Å². The van der Waals surface area contributed by atoms with Gasteiger partial charge in [0.2, 0.25) is 5.91 Å². The lowest BCUT2D eigenvalue weighted by atomic mass is 10.2. The first-order chi connectivity index (χ1) is 22.3. The number of benzene rings is 3. The number of ether oxygens (including phenoxy) is 3. The highest BCUT2D eigenvalue weighted by atomic mass is 32.2. The van der Waals surface area contributed by atoms with Gasteiger partial charge in [0.15, 0.2) is 11.0 Å². The monoisotopic (exact) mass is 680 g/mol. The number of nitrogens with zero attached hydrogens (tertiary/aromatic N) is 5. The maximum atomic E-state index is 12.8. The van der Waals surface area contributed by atoms with Gasteiger partial charge in [-0.25, -0.2) is 14.5 Å². The summed E-state index contributed by atoms with van der Waals surface area (Å²) in [5.74, 6) is -0.374. The summed E-state index contributed by atoms with van der Waals surface area (Å²) < 4.78 is 91.0. The summed E-state index contributed by atoms with van der Waals surface area (Å²) in [6.45, 7) is -0.690. The minimum Gasteiger partial charge on any atom is -0.497 e. The molecule has 4 aromatic rings. The lowest BCUT2D eigenvalue weighted by Gasteiger charge is -2.21. The van der Waals surface area contributed by atoms with Crippen molar-refractivity contribution in [3.8, 4) is 34.3 Å². The van der Waals surface area contributed by atoms with Crippen LogP contribution < -0.4 is 24.4 Å². The van der Waals surface area contributed by atoms with Crippen molar-refractivity contribution in [3.05, 3.63) is 73.1 Å². The molecule has 1 aliphatic rings. The highest BCUT2D eigenvalue weighted by molar-refractivity contribution is 8.15. The number of alkyl halides is 6. The van der Waals surface area contributed by atoms with Crippen LogP contribution >= 0.6 is 11.8 Å².